The molecule has 0 heterocycles. The van der Waals surface area contributed by atoms with Crippen LogP contribution in [0.2, 0.25) is 0 Å². The van der Waals surface area contributed by atoms with E-state index in [1.807, 2.05) is 32.9 Å². The van der Waals surface area contributed by atoms with Crippen LogP contribution in [0.15, 0.2) is 36.4 Å². The van der Waals surface area contributed by atoms with Crippen molar-refractivity contribution in [2.75, 3.05) is 27.9 Å². The third kappa shape index (κ3) is 5.77. The van der Waals surface area contributed by atoms with Crippen LogP contribution in [0.3, 0.4) is 0 Å². The number of hydrogen-bond donors (Lipinski definition) is 1. The fraction of sp³-hybridized carbons (Fsp3) is 0.379. The van der Waals surface area contributed by atoms with Crippen molar-refractivity contribution in [1.82, 2.24) is 0 Å². The predicted molar refractivity (Wildman–Crippen MR) is 136 cm³/mol. The number of methoxy groups -OCH3 is 3. The van der Waals surface area contributed by atoms with Crippen LogP contribution < -0.4 is 18.9 Å². The molecule has 5 heteroatoms. The van der Waals surface area contributed by atoms with Crippen molar-refractivity contribution in [3.05, 3.63) is 75.3 Å². The van der Waals surface area contributed by atoms with Gasteiger partial charge in [0.2, 0.25) is 5.75 Å². The van der Waals surface area contributed by atoms with Gasteiger partial charge in [0, 0.05) is 6.42 Å². The zero-order valence-electron chi connectivity index (χ0n) is 21.4. The van der Waals surface area contributed by atoms with Gasteiger partial charge in [0.1, 0.15) is 11.5 Å². The molecular formula is C29H36O5. The van der Waals surface area contributed by atoms with E-state index in [0.29, 0.717) is 29.6 Å². The lowest BCUT2D eigenvalue weighted by Gasteiger charge is -2.17. The third-order valence-electron chi connectivity index (χ3n) is 6.09. The van der Waals surface area contributed by atoms with E-state index in [0.717, 1.165) is 47.3 Å². The Morgan fingerprint density at radius 3 is 1.82 bits per heavy atom. The minimum Gasteiger partial charge on any atom is -0.507 e. The molecule has 3 rings (SSSR count). The molecular weight excluding hydrogens is 428 g/mol. The monoisotopic (exact) mass is 464 g/mol. The second-order valence-electron chi connectivity index (χ2n) is 8.78. The number of aryl methyl sites for hydroxylation is 6. The molecule has 3 aromatic carbocycles. The number of hydrogen-bond acceptors (Lipinski definition) is 5. The van der Waals surface area contributed by atoms with E-state index in [2.05, 4.69) is 31.2 Å². The van der Waals surface area contributed by atoms with Crippen LogP contribution in [0, 0.1) is 27.7 Å². The number of ether oxygens (including phenoxy) is 4. The van der Waals surface area contributed by atoms with Gasteiger partial charge in [0.05, 0.1) is 27.9 Å². The molecule has 1 N–H and O–H groups in total. The van der Waals surface area contributed by atoms with Gasteiger partial charge in [-0.1, -0.05) is 24.3 Å². The highest BCUT2D eigenvalue weighted by molar-refractivity contribution is 5.53. The first kappa shape index (κ1) is 25.3. The normalized spacial score (nSPS) is 10.8. The molecule has 0 unspecified atom stereocenters. The van der Waals surface area contributed by atoms with Crippen molar-refractivity contribution >= 4 is 0 Å². The fourth-order valence-corrected chi connectivity index (χ4v) is 4.47. The van der Waals surface area contributed by atoms with Gasteiger partial charge >= 0.3 is 0 Å². The van der Waals surface area contributed by atoms with E-state index in [1.165, 1.54) is 16.7 Å². The summed E-state index contributed by atoms with van der Waals surface area (Å²) in [4.78, 5) is 0. The van der Waals surface area contributed by atoms with Crippen molar-refractivity contribution in [2.45, 2.75) is 47.0 Å². The molecule has 0 aliphatic rings. The lowest BCUT2D eigenvalue weighted by Crippen LogP contribution is -2.06. The van der Waals surface area contributed by atoms with Crippen LogP contribution in [0.25, 0.3) is 0 Å². The lowest BCUT2D eigenvalue weighted by atomic mass is 9.96. The van der Waals surface area contributed by atoms with Crippen molar-refractivity contribution < 1.29 is 24.1 Å². The first-order chi connectivity index (χ1) is 16.3. The highest BCUT2D eigenvalue weighted by atomic mass is 16.5. The van der Waals surface area contributed by atoms with Crippen molar-refractivity contribution in [2.24, 2.45) is 0 Å². The number of rotatable bonds is 10. The van der Waals surface area contributed by atoms with Crippen LogP contribution in [0.1, 0.15) is 38.9 Å². The van der Waals surface area contributed by atoms with Gasteiger partial charge in [-0.25, -0.2) is 0 Å². The molecule has 0 saturated heterocycles. The van der Waals surface area contributed by atoms with Crippen LogP contribution >= 0.6 is 0 Å². The number of phenolic OH excluding ortho intramolecular Hbond substituents is 1. The third-order valence-corrected chi connectivity index (χ3v) is 6.09. The zero-order valence-corrected chi connectivity index (χ0v) is 21.4. The van der Waals surface area contributed by atoms with Crippen molar-refractivity contribution in [3.8, 4) is 28.7 Å². The van der Waals surface area contributed by atoms with E-state index in [-0.39, 0.29) is 0 Å². The summed E-state index contributed by atoms with van der Waals surface area (Å²) >= 11 is 0. The fourth-order valence-electron chi connectivity index (χ4n) is 4.47. The summed E-state index contributed by atoms with van der Waals surface area (Å²) < 4.78 is 22.8. The molecule has 34 heavy (non-hydrogen) atoms. The minimum absolute atomic E-state index is 0.377. The maximum Gasteiger partial charge on any atom is 0.203 e. The van der Waals surface area contributed by atoms with E-state index in [1.54, 1.807) is 21.3 Å². The molecule has 0 bridgehead atoms. The Balaban J connectivity index is 1.75. The second-order valence-corrected chi connectivity index (χ2v) is 8.78. The van der Waals surface area contributed by atoms with Crippen LogP contribution in [-0.2, 0) is 19.3 Å². The molecule has 0 aliphatic carbocycles. The molecule has 0 aliphatic heterocycles. The first-order valence-corrected chi connectivity index (χ1v) is 11.6. The summed E-state index contributed by atoms with van der Waals surface area (Å²) in [5.74, 6) is 3.27. The SMILES string of the molecule is COc1cc(C)cc(OCCc2cc(C)c(OC)c(CCc3cc(C)c(O)c(C)c3)c2)c1OC. The minimum atomic E-state index is 0.377. The Morgan fingerprint density at radius 2 is 1.21 bits per heavy atom. The van der Waals surface area contributed by atoms with Gasteiger partial charge in [-0.15, -0.1) is 0 Å². The van der Waals surface area contributed by atoms with Gasteiger partial charge in [-0.3, -0.25) is 0 Å². The Kier molecular flexibility index (Phi) is 8.32. The summed E-state index contributed by atoms with van der Waals surface area (Å²) in [5.41, 5.74) is 7.57. The smallest absolute Gasteiger partial charge is 0.203 e. The summed E-state index contributed by atoms with van der Waals surface area (Å²) in [5, 5.41) is 10.1. The molecule has 0 atom stereocenters. The largest absolute Gasteiger partial charge is 0.507 e. The molecule has 0 radical (unpaired) electrons. The summed E-state index contributed by atoms with van der Waals surface area (Å²) in [6, 6.07) is 12.4. The first-order valence-electron chi connectivity index (χ1n) is 11.6. The van der Waals surface area contributed by atoms with Gasteiger partial charge < -0.3 is 24.1 Å². The summed E-state index contributed by atoms with van der Waals surface area (Å²) in [7, 11) is 4.97. The topological polar surface area (TPSA) is 57.2 Å². The zero-order chi connectivity index (χ0) is 24.8. The van der Waals surface area contributed by atoms with Gasteiger partial charge in [-0.05, 0) is 91.6 Å². The average Bonchev–Trinajstić information content (AvgIpc) is 2.80. The number of aromatic hydroxyl groups is 1. The highest BCUT2D eigenvalue weighted by Crippen LogP contribution is 2.38. The highest BCUT2D eigenvalue weighted by Gasteiger charge is 2.14. The maximum atomic E-state index is 10.1. The van der Waals surface area contributed by atoms with Crippen LogP contribution in [0.4, 0.5) is 0 Å². The molecule has 0 saturated carbocycles. The second kappa shape index (κ2) is 11.2. The molecule has 5 nitrogen and oxygen atoms in total. The van der Waals surface area contributed by atoms with Gasteiger partial charge in [0.15, 0.2) is 11.5 Å². The van der Waals surface area contributed by atoms with E-state index >= 15 is 0 Å². The molecule has 182 valence electrons. The standard InChI is InChI=1S/C29H36O5/c1-18-12-25(31-5)29(33-7)26(13-18)34-11-10-23-16-21(4)28(32-6)24(17-23)9-8-22-14-19(2)27(30)20(3)15-22/h12-17,30H,8-11H2,1-7H3. The van der Waals surface area contributed by atoms with Gasteiger partial charge in [-0.2, -0.15) is 0 Å². The lowest BCUT2D eigenvalue weighted by molar-refractivity contribution is 0.286. The predicted octanol–water partition coefficient (Wildman–Crippen LogP) is 6.06. The molecule has 3 aromatic rings. The maximum absolute atomic E-state index is 10.1. The Labute approximate surface area is 203 Å². The molecule has 0 spiro atoms. The van der Waals surface area contributed by atoms with Gasteiger partial charge in [0.25, 0.3) is 0 Å². The Bertz CT molecular complexity index is 1130. The summed E-state index contributed by atoms with van der Waals surface area (Å²) in [6.07, 6.45) is 2.48. The Morgan fingerprint density at radius 1 is 0.618 bits per heavy atom. The molecule has 0 amide bonds. The number of phenols is 1. The Hall–Kier alpha value is -3.34. The van der Waals surface area contributed by atoms with E-state index in [4.69, 9.17) is 18.9 Å². The quantitative estimate of drug-likeness (QED) is 0.395. The molecule has 0 aromatic heterocycles. The van der Waals surface area contributed by atoms with E-state index < -0.39 is 0 Å². The van der Waals surface area contributed by atoms with Crippen LogP contribution in [0.5, 0.6) is 28.7 Å². The van der Waals surface area contributed by atoms with Crippen molar-refractivity contribution in [3.63, 3.8) is 0 Å². The summed E-state index contributed by atoms with van der Waals surface area (Å²) in [6.45, 7) is 8.48. The average molecular weight is 465 g/mol. The van der Waals surface area contributed by atoms with E-state index in [9.17, 15) is 5.11 Å². The number of benzene rings is 3. The molecule has 0 fully saturated rings. The van der Waals surface area contributed by atoms with Crippen molar-refractivity contribution in [1.29, 1.82) is 0 Å². The van der Waals surface area contributed by atoms with Crippen LogP contribution in [-0.4, -0.2) is 33.0 Å².